The Bertz CT molecular complexity index is 502. The van der Waals surface area contributed by atoms with Gasteiger partial charge in [0.05, 0.1) is 11.8 Å². The molecule has 0 aliphatic heterocycles. The molecule has 0 atom stereocenters. The zero-order valence-electron chi connectivity index (χ0n) is 8.13. The Morgan fingerprint density at radius 2 is 2.00 bits per heavy atom. The second kappa shape index (κ2) is 4.72. The van der Waals surface area contributed by atoms with Crippen LogP contribution < -0.4 is 4.74 Å². The lowest BCUT2D eigenvalue weighted by Gasteiger charge is -2.02. The summed E-state index contributed by atoms with van der Waals surface area (Å²) in [4.78, 5) is 11.6. The van der Waals surface area contributed by atoms with Crippen LogP contribution in [0.1, 0.15) is 10.4 Å². The van der Waals surface area contributed by atoms with Gasteiger partial charge in [-0.05, 0) is 12.1 Å². The number of carbonyl (C=O) groups is 1. The molecule has 80 valence electrons. The lowest BCUT2D eigenvalue weighted by atomic mass is 10.2. The molecule has 0 saturated carbocycles. The van der Waals surface area contributed by atoms with Crippen LogP contribution in [0.15, 0.2) is 42.6 Å². The van der Waals surface area contributed by atoms with Crippen molar-refractivity contribution in [3.63, 3.8) is 0 Å². The summed E-state index contributed by atoms with van der Waals surface area (Å²) in [6.07, 6.45) is 1.33. The van der Waals surface area contributed by atoms with Gasteiger partial charge in [-0.15, -0.1) is 5.10 Å². The summed E-state index contributed by atoms with van der Waals surface area (Å²) in [6, 6.07) is 10.1. The molecule has 1 aromatic carbocycles. The lowest BCUT2D eigenvalue weighted by molar-refractivity contribution is 0.0734. The molecule has 0 unspecified atom stereocenters. The molecule has 5 heteroatoms. The summed E-state index contributed by atoms with van der Waals surface area (Å²) in [5.74, 6) is -0.182. The number of hydrogen-bond acceptors (Lipinski definition) is 4. The van der Waals surface area contributed by atoms with E-state index in [1.165, 1.54) is 12.3 Å². The van der Waals surface area contributed by atoms with Crippen LogP contribution in [-0.4, -0.2) is 16.2 Å². The van der Waals surface area contributed by atoms with Gasteiger partial charge in [0.1, 0.15) is 0 Å². The fourth-order valence-corrected chi connectivity index (χ4v) is 1.27. The summed E-state index contributed by atoms with van der Waals surface area (Å²) in [6.45, 7) is 0. The molecule has 0 aliphatic carbocycles. The van der Waals surface area contributed by atoms with Gasteiger partial charge in [-0.2, -0.15) is 5.10 Å². The molecule has 1 aromatic heterocycles. The lowest BCUT2D eigenvalue weighted by Crippen LogP contribution is -2.08. The molecular formula is C11H7ClN2O2. The molecule has 0 radical (unpaired) electrons. The minimum absolute atomic E-state index is 0.179. The highest BCUT2D eigenvalue weighted by atomic mass is 35.5. The van der Waals surface area contributed by atoms with Crippen molar-refractivity contribution in [2.45, 2.75) is 0 Å². The zero-order valence-corrected chi connectivity index (χ0v) is 8.89. The zero-order chi connectivity index (χ0) is 11.4. The van der Waals surface area contributed by atoms with E-state index >= 15 is 0 Å². The molecule has 0 saturated heterocycles. The van der Waals surface area contributed by atoms with Crippen LogP contribution in [-0.2, 0) is 0 Å². The Balaban J connectivity index is 2.14. The van der Waals surface area contributed by atoms with Crippen LogP contribution in [0.2, 0.25) is 5.15 Å². The van der Waals surface area contributed by atoms with Crippen molar-refractivity contribution in [1.82, 2.24) is 10.2 Å². The Morgan fingerprint density at radius 1 is 1.25 bits per heavy atom. The third-order valence-corrected chi connectivity index (χ3v) is 2.00. The van der Waals surface area contributed by atoms with E-state index in [1.807, 2.05) is 6.07 Å². The van der Waals surface area contributed by atoms with Crippen molar-refractivity contribution < 1.29 is 9.53 Å². The number of nitrogens with zero attached hydrogens (tertiary/aromatic N) is 2. The Morgan fingerprint density at radius 3 is 2.69 bits per heavy atom. The minimum atomic E-state index is -0.454. The van der Waals surface area contributed by atoms with Crippen LogP contribution in [0.5, 0.6) is 5.75 Å². The van der Waals surface area contributed by atoms with Crippen molar-refractivity contribution in [1.29, 1.82) is 0 Å². The van der Waals surface area contributed by atoms with E-state index in [9.17, 15) is 4.79 Å². The van der Waals surface area contributed by atoms with Crippen LogP contribution >= 0.6 is 11.6 Å². The van der Waals surface area contributed by atoms with Crippen molar-refractivity contribution in [3.8, 4) is 5.75 Å². The second-order valence-electron chi connectivity index (χ2n) is 2.97. The predicted octanol–water partition coefficient (Wildman–Crippen LogP) is 2.35. The quantitative estimate of drug-likeness (QED) is 0.749. The molecule has 1 heterocycles. The van der Waals surface area contributed by atoms with Crippen molar-refractivity contribution in [2.75, 3.05) is 0 Å². The summed E-state index contributed by atoms with van der Waals surface area (Å²) >= 11 is 5.61. The normalized spacial score (nSPS) is 9.81. The third-order valence-electron chi connectivity index (χ3n) is 1.82. The maximum absolute atomic E-state index is 11.6. The van der Waals surface area contributed by atoms with Crippen LogP contribution in [0, 0.1) is 0 Å². The average molecular weight is 235 g/mol. The molecule has 0 N–H and O–H groups in total. The Hall–Kier alpha value is -1.94. The molecule has 0 amide bonds. The molecule has 0 aliphatic rings. The second-order valence-corrected chi connectivity index (χ2v) is 3.36. The van der Waals surface area contributed by atoms with E-state index in [2.05, 4.69) is 10.2 Å². The van der Waals surface area contributed by atoms with Gasteiger partial charge in [0.2, 0.25) is 0 Å². The van der Waals surface area contributed by atoms with E-state index in [1.54, 1.807) is 24.3 Å². The van der Waals surface area contributed by atoms with Crippen molar-refractivity contribution in [3.05, 3.63) is 53.3 Å². The molecule has 0 bridgehead atoms. The molecule has 16 heavy (non-hydrogen) atoms. The van der Waals surface area contributed by atoms with E-state index in [0.717, 1.165) is 0 Å². The van der Waals surface area contributed by atoms with Gasteiger partial charge < -0.3 is 4.74 Å². The molecule has 4 nitrogen and oxygen atoms in total. The Labute approximate surface area is 96.8 Å². The average Bonchev–Trinajstić information content (AvgIpc) is 2.30. The fourth-order valence-electron chi connectivity index (χ4n) is 1.12. The monoisotopic (exact) mass is 234 g/mol. The summed E-state index contributed by atoms with van der Waals surface area (Å²) < 4.78 is 5.06. The number of halogens is 1. The van der Waals surface area contributed by atoms with E-state index in [0.29, 0.717) is 5.56 Å². The van der Waals surface area contributed by atoms with Crippen molar-refractivity contribution in [2.24, 2.45) is 0 Å². The van der Waals surface area contributed by atoms with Crippen LogP contribution in [0.4, 0.5) is 0 Å². The number of hydrogen-bond donors (Lipinski definition) is 0. The SMILES string of the molecule is O=C(Oc1cnnc(Cl)c1)c1ccccc1. The summed E-state index contributed by atoms with van der Waals surface area (Å²) in [5, 5.41) is 7.29. The number of esters is 1. The first-order valence-electron chi connectivity index (χ1n) is 4.51. The van der Waals surface area contributed by atoms with Gasteiger partial charge in [-0.1, -0.05) is 29.8 Å². The van der Waals surface area contributed by atoms with Gasteiger partial charge in [0.25, 0.3) is 0 Å². The molecular weight excluding hydrogens is 228 g/mol. The van der Waals surface area contributed by atoms with Gasteiger partial charge in [0, 0.05) is 6.07 Å². The summed E-state index contributed by atoms with van der Waals surface area (Å²) in [7, 11) is 0. The molecule has 0 spiro atoms. The number of ether oxygens (including phenoxy) is 1. The topological polar surface area (TPSA) is 52.1 Å². The van der Waals surface area contributed by atoms with Crippen LogP contribution in [0.25, 0.3) is 0 Å². The van der Waals surface area contributed by atoms with Gasteiger partial charge in [-0.3, -0.25) is 0 Å². The first-order chi connectivity index (χ1) is 7.75. The first kappa shape index (κ1) is 10.6. The fraction of sp³-hybridized carbons (Fsp3) is 0. The standard InChI is InChI=1S/C11H7ClN2O2/c12-10-6-9(7-13-14-10)16-11(15)8-4-2-1-3-5-8/h1-7H. The van der Waals surface area contributed by atoms with E-state index in [-0.39, 0.29) is 10.9 Å². The maximum atomic E-state index is 11.6. The number of carbonyl (C=O) groups excluding carboxylic acids is 1. The summed E-state index contributed by atoms with van der Waals surface area (Å²) in [5.41, 5.74) is 0.468. The molecule has 2 aromatic rings. The van der Waals surface area contributed by atoms with Gasteiger partial charge >= 0.3 is 5.97 Å². The van der Waals surface area contributed by atoms with Crippen molar-refractivity contribution >= 4 is 17.6 Å². The van der Waals surface area contributed by atoms with Gasteiger partial charge in [0.15, 0.2) is 10.9 Å². The Kier molecular flexibility index (Phi) is 3.12. The largest absolute Gasteiger partial charge is 0.421 e. The molecule has 2 rings (SSSR count). The number of benzene rings is 1. The highest BCUT2D eigenvalue weighted by Crippen LogP contribution is 2.14. The smallest absolute Gasteiger partial charge is 0.343 e. The minimum Gasteiger partial charge on any atom is -0.421 e. The highest BCUT2D eigenvalue weighted by molar-refractivity contribution is 6.29. The maximum Gasteiger partial charge on any atom is 0.343 e. The predicted molar refractivity (Wildman–Crippen MR) is 58.4 cm³/mol. The van der Waals surface area contributed by atoms with E-state index in [4.69, 9.17) is 16.3 Å². The number of aromatic nitrogens is 2. The molecule has 0 fully saturated rings. The number of rotatable bonds is 2. The van der Waals surface area contributed by atoms with Gasteiger partial charge in [-0.25, -0.2) is 4.79 Å². The van der Waals surface area contributed by atoms with E-state index < -0.39 is 5.97 Å². The first-order valence-corrected chi connectivity index (χ1v) is 4.89. The third kappa shape index (κ3) is 2.55. The van der Waals surface area contributed by atoms with Crippen LogP contribution in [0.3, 0.4) is 0 Å². The highest BCUT2D eigenvalue weighted by Gasteiger charge is 2.08.